The highest BCUT2D eigenvalue weighted by Crippen LogP contribution is 2.33. The zero-order valence-corrected chi connectivity index (χ0v) is 12.4. The molecule has 0 heterocycles. The van der Waals surface area contributed by atoms with Crippen LogP contribution in [0.2, 0.25) is 0 Å². The quantitative estimate of drug-likeness (QED) is 0.707. The van der Waals surface area contributed by atoms with Crippen molar-refractivity contribution in [2.24, 2.45) is 5.92 Å². The first-order valence-electron chi connectivity index (χ1n) is 6.81. The van der Waals surface area contributed by atoms with Gasteiger partial charge in [0.2, 0.25) is 0 Å². The van der Waals surface area contributed by atoms with Gasteiger partial charge in [-0.05, 0) is 49.1 Å². The molecule has 0 saturated carbocycles. The molecule has 1 nitrogen and oxygen atoms in total. The van der Waals surface area contributed by atoms with E-state index in [4.69, 9.17) is 0 Å². The number of hydrogen-bond donors (Lipinski definition) is 0. The predicted octanol–water partition coefficient (Wildman–Crippen LogP) is 4.68. The molecule has 0 radical (unpaired) electrons. The molecule has 0 amide bonds. The molecular formula is C18H23N. The fraction of sp³-hybridized carbons (Fsp3) is 0.333. The summed E-state index contributed by atoms with van der Waals surface area (Å²) in [5.74, 6) is 0.479. The van der Waals surface area contributed by atoms with E-state index in [1.807, 2.05) is 0 Å². The average molecular weight is 253 g/mol. The first kappa shape index (κ1) is 13.7. The molecule has 0 aliphatic heterocycles. The van der Waals surface area contributed by atoms with Crippen LogP contribution in [0.1, 0.15) is 25.8 Å². The van der Waals surface area contributed by atoms with Crippen LogP contribution in [0.15, 0.2) is 54.1 Å². The van der Waals surface area contributed by atoms with E-state index in [0.29, 0.717) is 5.92 Å². The first-order chi connectivity index (χ1) is 8.99. The van der Waals surface area contributed by atoms with Gasteiger partial charge in [-0.3, -0.25) is 0 Å². The Kier molecular flexibility index (Phi) is 3.94. The van der Waals surface area contributed by atoms with Crippen LogP contribution in [0.3, 0.4) is 0 Å². The van der Waals surface area contributed by atoms with Gasteiger partial charge in [0.15, 0.2) is 0 Å². The Balaban J connectivity index is 2.33. The Morgan fingerprint density at radius 3 is 2.37 bits per heavy atom. The van der Waals surface area contributed by atoms with E-state index in [1.54, 1.807) is 0 Å². The second-order valence-corrected chi connectivity index (χ2v) is 5.60. The SMILES string of the molecule is C=C(C)[C@@H]1C=C(c2ccc(N(C)C)cc2)C(C)=CC1. The molecule has 100 valence electrons. The molecule has 0 fully saturated rings. The molecule has 0 unspecified atom stereocenters. The normalized spacial score (nSPS) is 18.6. The van der Waals surface area contributed by atoms with Gasteiger partial charge in [0.25, 0.3) is 0 Å². The maximum absolute atomic E-state index is 4.09. The standard InChI is InChI=1S/C18H23N/c1-13(2)16-7-6-14(3)18(12-16)15-8-10-17(11-9-15)19(4)5/h6,8-12,16H,1,7H2,2-5H3/t16-/m0/s1. The van der Waals surface area contributed by atoms with Crippen LogP contribution in [0.5, 0.6) is 0 Å². The van der Waals surface area contributed by atoms with Gasteiger partial charge in [-0.2, -0.15) is 0 Å². The molecule has 1 aliphatic rings. The molecular weight excluding hydrogens is 230 g/mol. The minimum absolute atomic E-state index is 0.479. The molecule has 1 atom stereocenters. The molecule has 19 heavy (non-hydrogen) atoms. The number of benzene rings is 1. The summed E-state index contributed by atoms with van der Waals surface area (Å²) < 4.78 is 0. The summed E-state index contributed by atoms with van der Waals surface area (Å²) >= 11 is 0. The number of allylic oxidation sites excluding steroid dienone is 5. The molecule has 0 N–H and O–H groups in total. The van der Waals surface area contributed by atoms with Crippen LogP contribution in [-0.4, -0.2) is 14.1 Å². The van der Waals surface area contributed by atoms with E-state index in [0.717, 1.165) is 6.42 Å². The lowest BCUT2D eigenvalue weighted by atomic mass is 9.84. The largest absolute Gasteiger partial charge is 0.378 e. The Morgan fingerprint density at radius 2 is 1.84 bits per heavy atom. The summed E-state index contributed by atoms with van der Waals surface area (Å²) in [6.45, 7) is 8.40. The second-order valence-electron chi connectivity index (χ2n) is 5.60. The van der Waals surface area contributed by atoms with Crippen molar-refractivity contribution in [3.8, 4) is 0 Å². The Bertz CT molecular complexity index is 529. The highest BCUT2D eigenvalue weighted by molar-refractivity contribution is 5.80. The summed E-state index contributed by atoms with van der Waals surface area (Å²) in [6.07, 6.45) is 5.78. The van der Waals surface area contributed by atoms with E-state index in [1.165, 1.54) is 28.0 Å². The lowest BCUT2D eigenvalue weighted by Crippen LogP contribution is -2.08. The third-order valence-corrected chi connectivity index (χ3v) is 3.80. The average Bonchev–Trinajstić information content (AvgIpc) is 2.39. The fourth-order valence-electron chi connectivity index (χ4n) is 2.42. The molecule has 1 aliphatic carbocycles. The molecule has 0 spiro atoms. The van der Waals surface area contributed by atoms with Gasteiger partial charge >= 0.3 is 0 Å². The fourth-order valence-corrected chi connectivity index (χ4v) is 2.42. The smallest absolute Gasteiger partial charge is 0.0361 e. The van der Waals surface area contributed by atoms with Crippen LogP contribution in [0, 0.1) is 5.92 Å². The van der Waals surface area contributed by atoms with E-state index in [9.17, 15) is 0 Å². The highest BCUT2D eigenvalue weighted by atomic mass is 15.1. The van der Waals surface area contributed by atoms with Crippen LogP contribution in [-0.2, 0) is 0 Å². The highest BCUT2D eigenvalue weighted by Gasteiger charge is 2.15. The van der Waals surface area contributed by atoms with Crippen molar-refractivity contribution in [3.05, 3.63) is 59.7 Å². The van der Waals surface area contributed by atoms with Gasteiger partial charge in [0.1, 0.15) is 0 Å². The lowest BCUT2D eigenvalue weighted by Gasteiger charge is -2.21. The van der Waals surface area contributed by atoms with E-state index < -0.39 is 0 Å². The molecule has 1 aromatic carbocycles. The third kappa shape index (κ3) is 2.98. The van der Waals surface area contributed by atoms with Gasteiger partial charge in [-0.15, -0.1) is 0 Å². The number of hydrogen-bond acceptors (Lipinski definition) is 1. The summed E-state index contributed by atoms with van der Waals surface area (Å²) in [5.41, 5.74) is 6.49. The van der Waals surface area contributed by atoms with Crippen LogP contribution >= 0.6 is 0 Å². The van der Waals surface area contributed by atoms with Gasteiger partial charge in [-0.25, -0.2) is 0 Å². The topological polar surface area (TPSA) is 3.24 Å². The van der Waals surface area contributed by atoms with E-state index >= 15 is 0 Å². The summed E-state index contributed by atoms with van der Waals surface area (Å²) in [4.78, 5) is 2.12. The zero-order chi connectivity index (χ0) is 14.0. The van der Waals surface area contributed by atoms with Crippen molar-refractivity contribution in [1.82, 2.24) is 0 Å². The molecule has 0 saturated heterocycles. The minimum Gasteiger partial charge on any atom is -0.378 e. The van der Waals surface area contributed by atoms with Gasteiger partial charge in [0, 0.05) is 25.7 Å². The third-order valence-electron chi connectivity index (χ3n) is 3.80. The lowest BCUT2D eigenvalue weighted by molar-refractivity contribution is 0.768. The van der Waals surface area contributed by atoms with Crippen molar-refractivity contribution in [1.29, 1.82) is 0 Å². The minimum atomic E-state index is 0.479. The predicted molar refractivity (Wildman–Crippen MR) is 85.4 cm³/mol. The van der Waals surface area contributed by atoms with Crippen LogP contribution in [0.4, 0.5) is 5.69 Å². The second kappa shape index (κ2) is 5.48. The van der Waals surface area contributed by atoms with Crippen molar-refractivity contribution in [3.63, 3.8) is 0 Å². The summed E-state index contributed by atoms with van der Waals surface area (Å²) in [7, 11) is 4.13. The first-order valence-corrected chi connectivity index (χ1v) is 6.81. The molecule has 0 bridgehead atoms. The monoisotopic (exact) mass is 253 g/mol. The molecule has 0 aromatic heterocycles. The van der Waals surface area contributed by atoms with Crippen LogP contribution in [0.25, 0.3) is 5.57 Å². The number of nitrogens with zero attached hydrogens (tertiary/aromatic N) is 1. The van der Waals surface area contributed by atoms with Crippen molar-refractivity contribution < 1.29 is 0 Å². The Morgan fingerprint density at radius 1 is 1.21 bits per heavy atom. The number of rotatable bonds is 3. The zero-order valence-electron chi connectivity index (χ0n) is 12.4. The summed E-state index contributed by atoms with van der Waals surface area (Å²) in [6, 6.07) is 8.76. The Labute approximate surface area is 116 Å². The van der Waals surface area contributed by atoms with Crippen molar-refractivity contribution in [2.45, 2.75) is 20.3 Å². The van der Waals surface area contributed by atoms with Crippen LogP contribution < -0.4 is 4.90 Å². The van der Waals surface area contributed by atoms with Gasteiger partial charge in [-0.1, -0.05) is 36.4 Å². The van der Waals surface area contributed by atoms with Gasteiger partial charge in [0.05, 0.1) is 0 Å². The van der Waals surface area contributed by atoms with Gasteiger partial charge < -0.3 is 4.90 Å². The Hall–Kier alpha value is -1.76. The van der Waals surface area contributed by atoms with Crippen molar-refractivity contribution in [2.75, 3.05) is 19.0 Å². The maximum atomic E-state index is 4.09. The van der Waals surface area contributed by atoms with E-state index in [-0.39, 0.29) is 0 Å². The number of anilines is 1. The molecule has 2 rings (SSSR count). The molecule has 1 aromatic rings. The summed E-state index contributed by atoms with van der Waals surface area (Å²) in [5, 5.41) is 0. The maximum Gasteiger partial charge on any atom is 0.0361 e. The van der Waals surface area contributed by atoms with E-state index in [2.05, 4.69) is 75.8 Å². The molecule has 1 heteroatoms. The van der Waals surface area contributed by atoms with Crippen molar-refractivity contribution >= 4 is 11.3 Å².